The molecule has 0 bridgehead atoms. The number of ether oxygens (including phenoxy) is 2. The van der Waals surface area contributed by atoms with Gasteiger partial charge in [0.1, 0.15) is 23.2 Å². The number of hydrogen-bond acceptors (Lipinski definition) is 4. The van der Waals surface area contributed by atoms with Gasteiger partial charge in [0.25, 0.3) is 5.91 Å². The molecule has 2 heterocycles. The highest BCUT2D eigenvalue weighted by Crippen LogP contribution is 2.46. The lowest BCUT2D eigenvalue weighted by molar-refractivity contribution is 0.0762. The summed E-state index contributed by atoms with van der Waals surface area (Å²) in [5.41, 5.74) is 4.61. The van der Waals surface area contributed by atoms with Gasteiger partial charge in [-0.25, -0.2) is 4.39 Å². The van der Waals surface area contributed by atoms with Crippen molar-refractivity contribution in [3.63, 3.8) is 0 Å². The Morgan fingerprint density at radius 2 is 1.55 bits per heavy atom. The number of carbonyl (C=O) groups excluding carboxylic acids is 1. The first-order valence-corrected chi connectivity index (χ1v) is 13.5. The van der Waals surface area contributed by atoms with Gasteiger partial charge >= 0.3 is 0 Å². The topological polar surface area (TPSA) is 51.7 Å². The highest BCUT2D eigenvalue weighted by molar-refractivity contribution is 6.09. The number of aromatic nitrogens is 1. The maximum absolute atomic E-state index is 14.1. The van der Waals surface area contributed by atoms with Crippen LogP contribution in [0, 0.1) is 5.82 Å². The third kappa shape index (κ3) is 4.89. The highest BCUT2D eigenvalue weighted by atomic mass is 19.1. The summed E-state index contributed by atoms with van der Waals surface area (Å²) >= 11 is 0. The van der Waals surface area contributed by atoms with E-state index in [1.807, 2.05) is 72.8 Å². The van der Waals surface area contributed by atoms with Gasteiger partial charge in [0, 0.05) is 23.7 Å². The van der Waals surface area contributed by atoms with Crippen LogP contribution in [0.25, 0.3) is 10.9 Å². The second-order valence-corrected chi connectivity index (χ2v) is 9.87. The van der Waals surface area contributed by atoms with Crippen molar-refractivity contribution >= 4 is 16.8 Å². The second kappa shape index (κ2) is 11.2. The Hall–Kier alpha value is -4.71. The largest absolute Gasteiger partial charge is 0.493 e. The standard InChI is InChI=1S/C34H29FN2O3/c1-2-20-39-32-27-14-9-19-36-30(27)33(40-31(24-10-5-3-6-11-24)25-12-7-4-8-13-25)29-28(32)22-37(34(29)38)21-23-15-17-26(35)18-16-23/h3-19,31H,2,20-22H2,1H3. The number of rotatable bonds is 9. The van der Waals surface area contributed by atoms with Crippen molar-refractivity contribution in [2.75, 3.05) is 6.61 Å². The van der Waals surface area contributed by atoms with Crippen LogP contribution in [0.5, 0.6) is 11.5 Å². The Morgan fingerprint density at radius 1 is 0.875 bits per heavy atom. The first kappa shape index (κ1) is 25.6. The van der Waals surface area contributed by atoms with Gasteiger partial charge in [-0.05, 0) is 47.4 Å². The number of benzene rings is 4. The van der Waals surface area contributed by atoms with E-state index in [0.29, 0.717) is 42.3 Å². The molecule has 0 saturated carbocycles. The summed E-state index contributed by atoms with van der Waals surface area (Å²) in [6.45, 7) is 3.26. The molecule has 1 aliphatic heterocycles. The van der Waals surface area contributed by atoms with Gasteiger partial charge in [-0.1, -0.05) is 79.7 Å². The van der Waals surface area contributed by atoms with E-state index in [2.05, 4.69) is 6.92 Å². The van der Waals surface area contributed by atoms with E-state index >= 15 is 0 Å². The average molecular weight is 533 g/mol. The lowest BCUT2D eigenvalue weighted by atomic mass is 9.99. The molecule has 5 aromatic rings. The Morgan fingerprint density at radius 3 is 2.20 bits per heavy atom. The van der Waals surface area contributed by atoms with Gasteiger partial charge in [-0.2, -0.15) is 0 Å². The van der Waals surface area contributed by atoms with Crippen molar-refractivity contribution in [1.29, 1.82) is 0 Å². The van der Waals surface area contributed by atoms with E-state index in [9.17, 15) is 9.18 Å². The summed E-state index contributed by atoms with van der Waals surface area (Å²) < 4.78 is 26.7. The maximum Gasteiger partial charge on any atom is 0.258 e. The first-order chi connectivity index (χ1) is 19.6. The van der Waals surface area contributed by atoms with Crippen molar-refractivity contribution in [2.45, 2.75) is 32.5 Å². The minimum atomic E-state index is -0.460. The van der Waals surface area contributed by atoms with Crippen LogP contribution < -0.4 is 9.47 Å². The number of carbonyl (C=O) groups is 1. The Balaban J connectivity index is 1.51. The van der Waals surface area contributed by atoms with E-state index in [1.165, 1.54) is 12.1 Å². The molecular weight excluding hydrogens is 503 g/mol. The molecular formula is C34H29FN2O3. The number of nitrogens with zero attached hydrogens (tertiary/aromatic N) is 2. The van der Waals surface area contributed by atoms with E-state index in [0.717, 1.165) is 34.1 Å². The van der Waals surface area contributed by atoms with Crippen molar-refractivity contribution in [3.05, 3.63) is 137 Å². The summed E-state index contributed by atoms with van der Waals surface area (Å²) in [5.74, 6) is 0.635. The van der Waals surface area contributed by atoms with Crippen LogP contribution in [-0.4, -0.2) is 22.4 Å². The molecule has 0 unspecified atom stereocenters. The molecule has 0 spiro atoms. The zero-order valence-corrected chi connectivity index (χ0v) is 22.2. The van der Waals surface area contributed by atoms with E-state index in [-0.39, 0.29) is 11.7 Å². The maximum atomic E-state index is 14.1. The van der Waals surface area contributed by atoms with Gasteiger partial charge in [0.05, 0.1) is 18.7 Å². The predicted octanol–water partition coefficient (Wildman–Crippen LogP) is 7.49. The summed E-state index contributed by atoms with van der Waals surface area (Å²) in [6.07, 6.45) is 2.07. The van der Waals surface area contributed by atoms with Crippen molar-refractivity contribution in [1.82, 2.24) is 9.88 Å². The number of hydrogen-bond donors (Lipinski definition) is 0. The van der Waals surface area contributed by atoms with Crippen LogP contribution in [0.1, 0.15) is 52.1 Å². The Bertz CT molecular complexity index is 1600. The normalized spacial score (nSPS) is 12.7. The zero-order valence-electron chi connectivity index (χ0n) is 22.2. The van der Waals surface area contributed by atoms with Crippen LogP contribution in [0.2, 0.25) is 0 Å². The highest BCUT2D eigenvalue weighted by Gasteiger charge is 2.37. The number of pyridine rings is 1. The molecule has 0 fully saturated rings. The van der Waals surface area contributed by atoms with Crippen molar-refractivity contribution in [2.24, 2.45) is 0 Å². The SMILES string of the molecule is CCCOc1c2c(c(OC(c3ccccc3)c3ccccc3)c3ncccc13)C(=O)N(Cc1ccc(F)cc1)C2. The van der Waals surface area contributed by atoms with Gasteiger partial charge in [-0.15, -0.1) is 0 Å². The summed E-state index contributed by atoms with van der Waals surface area (Å²) in [5, 5.41) is 0.806. The van der Waals surface area contributed by atoms with Crippen LogP contribution in [0.4, 0.5) is 4.39 Å². The monoisotopic (exact) mass is 532 g/mol. The molecule has 1 amide bonds. The minimum absolute atomic E-state index is 0.164. The molecule has 6 rings (SSSR count). The number of amides is 1. The fourth-order valence-corrected chi connectivity index (χ4v) is 5.22. The van der Waals surface area contributed by atoms with Crippen LogP contribution in [0.3, 0.4) is 0 Å². The van der Waals surface area contributed by atoms with Gasteiger partial charge < -0.3 is 14.4 Å². The van der Waals surface area contributed by atoms with E-state index in [4.69, 9.17) is 14.5 Å². The third-order valence-corrected chi connectivity index (χ3v) is 7.10. The summed E-state index contributed by atoms with van der Waals surface area (Å²) in [4.78, 5) is 20.6. The smallest absolute Gasteiger partial charge is 0.258 e. The van der Waals surface area contributed by atoms with Crippen molar-refractivity contribution in [3.8, 4) is 11.5 Å². The fraction of sp³-hybridized carbons (Fsp3) is 0.176. The minimum Gasteiger partial charge on any atom is -0.493 e. The molecule has 0 saturated heterocycles. The fourth-order valence-electron chi connectivity index (χ4n) is 5.22. The van der Waals surface area contributed by atoms with Gasteiger partial charge in [-0.3, -0.25) is 9.78 Å². The number of fused-ring (bicyclic) bond motifs is 2. The molecule has 0 N–H and O–H groups in total. The molecule has 5 nitrogen and oxygen atoms in total. The predicted molar refractivity (Wildman–Crippen MR) is 153 cm³/mol. The molecule has 0 aliphatic carbocycles. The molecule has 6 heteroatoms. The van der Waals surface area contributed by atoms with E-state index in [1.54, 1.807) is 23.2 Å². The van der Waals surface area contributed by atoms with E-state index < -0.39 is 6.10 Å². The van der Waals surface area contributed by atoms with Crippen LogP contribution in [-0.2, 0) is 13.1 Å². The van der Waals surface area contributed by atoms with Crippen LogP contribution >= 0.6 is 0 Å². The quantitative estimate of drug-likeness (QED) is 0.197. The summed E-state index contributed by atoms with van der Waals surface area (Å²) in [6, 6.07) is 30.0. The van der Waals surface area contributed by atoms with Gasteiger partial charge in [0.2, 0.25) is 0 Å². The second-order valence-electron chi connectivity index (χ2n) is 9.87. The average Bonchev–Trinajstić information content (AvgIpc) is 3.32. The zero-order chi connectivity index (χ0) is 27.5. The lowest BCUT2D eigenvalue weighted by Crippen LogP contribution is -2.23. The first-order valence-electron chi connectivity index (χ1n) is 13.5. The van der Waals surface area contributed by atoms with Crippen LogP contribution in [0.15, 0.2) is 103 Å². The lowest BCUT2D eigenvalue weighted by Gasteiger charge is -2.23. The molecule has 40 heavy (non-hydrogen) atoms. The third-order valence-electron chi connectivity index (χ3n) is 7.10. The molecule has 0 radical (unpaired) electrons. The molecule has 0 atom stereocenters. The number of halogens is 1. The molecule has 4 aromatic carbocycles. The Kier molecular flexibility index (Phi) is 7.15. The molecule has 1 aliphatic rings. The van der Waals surface area contributed by atoms with Crippen molar-refractivity contribution < 1.29 is 18.7 Å². The Labute approximate surface area is 232 Å². The molecule has 200 valence electrons. The summed E-state index contributed by atoms with van der Waals surface area (Å²) in [7, 11) is 0. The molecule has 1 aromatic heterocycles. The van der Waals surface area contributed by atoms with Gasteiger partial charge in [0.15, 0.2) is 5.75 Å².